The summed E-state index contributed by atoms with van der Waals surface area (Å²) in [6.45, 7) is 0. The first-order chi connectivity index (χ1) is 7.70. The maximum Gasteiger partial charge on any atom is 0.250 e. The largest absolute Gasteiger partial charge is 0.358 e. The SMILES string of the molecule is CNc1nc(N(C)c2ccc(Cl)cc2)n[nH]1. The molecule has 0 bridgehead atoms. The summed E-state index contributed by atoms with van der Waals surface area (Å²) in [7, 11) is 3.68. The van der Waals surface area contributed by atoms with Gasteiger partial charge in [0.05, 0.1) is 0 Å². The molecule has 0 aliphatic rings. The molecule has 5 nitrogen and oxygen atoms in total. The summed E-state index contributed by atoms with van der Waals surface area (Å²) in [4.78, 5) is 6.11. The van der Waals surface area contributed by atoms with E-state index in [9.17, 15) is 0 Å². The number of nitrogens with one attached hydrogen (secondary N) is 2. The Kier molecular flexibility index (Phi) is 2.96. The van der Waals surface area contributed by atoms with Gasteiger partial charge in [-0.25, -0.2) is 5.10 Å². The monoisotopic (exact) mass is 237 g/mol. The van der Waals surface area contributed by atoms with Crippen molar-refractivity contribution in [2.24, 2.45) is 0 Å². The second-order valence-corrected chi connectivity index (χ2v) is 3.71. The van der Waals surface area contributed by atoms with Crippen LogP contribution in [-0.4, -0.2) is 29.3 Å². The minimum absolute atomic E-state index is 0.603. The van der Waals surface area contributed by atoms with Crippen molar-refractivity contribution in [3.63, 3.8) is 0 Å². The highest BCUT2D eigenvalue weighted by atomic mass is 35.5. The van der Waals surface area contributed by atoms with Gasteiger partial charge < -0.3 is 10.2 Å². The maximum absolute atomic E-state index is 5.82. The summed E-state index contributed by atoms with van der Waals surface area (Å²) in [5.74, 6) is 1.24. The Labute approximate surface area is 98.4 Å². The van der Waals surface area contributed by atoms with E-state index < -0.39 is 0 Å². The molecule has 2 rings (SSSR count). The smallest absolute Gasteiger partial charge is 0.250 e. The Hall–Kier alpha value is -1.75. The Morgan fingerprint density at radius 3 is 2.56 bits per heavy atom. The molecule has 0 aliphatic carbocycles. The molecule has 0 atom stereocenters. The highest BCUT2D eigenvalue weighted by Gasteiger charge is 2.09. The van der Waals surface area contributed by atoms with Gasteiger partial charge in [-0.1, -0.05) is 11.6 Å². The van der Waals surface area contributed by atoms with Crippen molar-refractivity contribution in [3.05, 3.63) is 29.3 Å². The maximum atomic E-state index is 5.82. The zero-order chi connectivity index (χ0) is 11.5. The molecule has 0 saturated heterocycles. The minimum Gasteiger partial charge on any atom is -0.358 e. The molecule has 2 N–H and O–H groups in total. The fourth-order valence-electron chi connectivity index (χ4n) is 1.29. The Morgan fingerprint density at radius 2 is 2.00 bits per heavy atom. The molecule has 16 heavy (non-hydrogen) atoms. The summed E-state index contributed by atoms with van der Waals surface area (Å²) in [6.07, 6.45) is 0. The first-order valence-electron chi connectivity index (χ1n) is 4.80. The van der Waals surface area contributed by atoms with Gasteiger partial charge in [-0.2, -0.15) is 4.98 Å². The quantitative estimate of drug-likeness (QED) is 0.860. The molecule has 0 fully saturated rings. The van der Waals surface area contributed by atoms with Crippen molar-refractivity contribution in [1.29, 1.82) is 0 Å². The molecular formula is C10H12ClN5. The average Bonchev–Trinajstić information content (AvgIpc) is 2.77. The lowest BCUT2D eigenvalue weighted by Crippen LogP contribution is -2.10. The zero-order valence-corrected chi connectivity index (χ0v) is 9.78. The molecule has 0 unspecified atom stereocenters. The highest BCUT2D eigenvalue weighted by molar-refractivity contribution is 6.30. The third-order valence-electron chi connectivity index (χ3n) is 2.22. The highest BCUT2D eigenvalue weighted by Crippen LogP contribution is 2.22. The second kappa shape index (κ2) is 4.40. The van der Waals surface area contributed by atoms with Crippen LogP contribution in [0.15, 0.2) is 24.3 Å². The van der Waals surface area contributed by atoms with Crippen molar-refractivity contribution >= 4 is 29.2 Å². The fourth-order valence-corrected chi connectivity index (χ4v) is 1.42. The van der Waals surface area contributed by atoms with Gasteiger partial charge in [-0.15, -0.1) is 5.10 Å². The van der Waals surface area contributed by atoms with E-state index in [0.29, 0.717) is 16.9 Å². The van der Waals surface area contributed by atoms with Crippen LogP contribution in [0.25, 0.3) is 0 Å². The number of H-pyrrole nitrogens is 1. The van der Waals surface area contributed by atoms with Crippen LogP contribution in [0.2, 0.25) is 5.02 Å². The number of rotatable bonds is 3. The van der Waals surface area contributed by atoms with Crippen molar-refractivity contribution in [1.82, 2.24) is 15.2 Å². The number of anilines is 3. The van der Waals surface area contributed by atoms with Gasteiger partial charge in [0.1, 0.15) is 0 Å². The van der Waals surface area contributed by atoms with Gasteiger partial charge >= 0.3 is 0 Å². The third-order valence-corrected chi connectivity index (χ3v) is 2.48. The van der Waals surface area contributed by atoms with E-state index in [1.54, 1.807) is 7.05 Å². The second-order valence-electron chi connectivity index (χ2n) is 3.27. The number of benzene rings is 1. The van der Waals surface area contributed by atoms with E-state index in [-0.39, 0.29) is 0 Å². The van der Waals surface area contributed by atoms with Gasteiger partial charge in [-0.3, -0.25) is 0 Å². The van der Waals surface area contributed by atoms with Gasteiger partial charge in [0.2, 0.25) is 5.95 Å². The fraction of sp³-hybridized carbons (Fsp3) is 0.200. The predicted molar refractivity (Wildman–Crippen MR) is 65.4 cm³/mol. The first-order valence-corrected chi connectivity index (χ1v) is 5.18. The van der Waals surface area contributed by atoms with Crippen molar-refractivity contribution in [2.45, 2.75) is 0 Å². The van der Waals surface area contributed by atoms with Crippen LogP contribution in [0, 0.1) is 0 Å². The van der Waals surface area contributed by atoms with Gasteiger partial charge in [0, 0.05) is 24.8 Å². The molecule has 0 amide bonds. The number of aromatic amines is 1. The standard InChI is InChI=1S/C10H12ClN5/c1-12-9-13-10(15-14-9)16(2)8-5-3-7(11)4-6-8/h3-6H,1-2H3,(H2,12,13,14,15). The molecule has 6 heteroatoms. The molecule has 2 aromatic rings. The summed E-state index contributed by atoms with van der Waals surface area (Å²) in [5, 5.41) is 10.5. The summed E-state index contributed by atoms with van der Waals surface area (Å²) < 4.78 is 0. The molecular weight excluding hydrogens is 226 g/mol. The van der Waals surface area contributed by atoms with E-state index in [2.05, 4.69) is 20.5 Å². The number of hydrogen-bond acceptors (Lipinski definition) is 4. The topological polar surface area (TPSA) is 56.8 Å². The van der Waals surface area contributed by atoms with E-state index in [1.165, 1.54) is 0 Å². The van der Waals surface area contributed by atoms with Gasteiger partial charge in [0.25, 0.3) is 5.95 Å². The number of aromatic nitrogens is 3. The average molecular weight is 238 g/mol. The zero-order valence-electron chi connectivity index (χ0n) is 9.03. The van der Waals surface area contributed by atoms with E-state index in [0.717, 1.165) is 5.69 Å². The van der Waals surface area contributed by atoms with Crippen molar-refractivity contribution in [3.8, 4) is 0 Å². The van der Waals surface area contributed by atoms with Gasteiger partial charge in [-0.05, 0) is 24.3 Å². The van der Waals surface area contributed by atoms with Crippen molar-refractivity contribution < 1.29 is 0 Å². The summed E-state index contributed by atoms with van der Waals surface area (Å²) >= 11 is 5.82. The number of halogens is 1. The molecule has 0 spiro atoms. The number of hydrogen-bond donors (Lipinski definition) is 2. The van der Waals surface area contributed by atoms with E-state index >= 15 is 0 Å². The van der Waals surface area contributed by atoms with E-state index in [1.807, 2.05) is 36.2 Å². The molecule has 84 valence electrons. The first kappa shape index (κ1) is 10.8. The summed E-state index contributed by atoms with van der Waals surface area (Å²) in [6, 6.07) is 7.49. The van der Waals surface area contributed by atoms with E-state index in [4.69, 9.17) is 11.6 Å². The molecule has 0 aliphatic heterocycles. The lowest BCUT2D eigenvalue weighted by Gasteiger charge is -2.14. The lowest BCUT2D eigenvalue weighted by atomic mass is 10.3. The Morgan fingerprint density at radius 1 is 1.31 bits per heavy atom. The van der Waals surface area contributed by atoms with Crippen LogP contribution in [0.5, 0.6) is 0 Å². The summed E-state index contributed by atoms with van der Waals surface area (Å²) in [5.41, 5.74) is 0.978. The lowest BCUT2D eigenvalue weighted by molar-refractivity contribution is 1.03. The van der Waals surface area contributed by atoms with Crippen LogP contribution >= 0.6 is 11.6 Å². The van der Waals surface area contributed by atoms with Crippen LogP contribution in [0.4, 0.5) is 17.6 Å². The van der Waals surface area contributed by atoms with Gasteiger partial charge in [0.15, 0.2) is 0 Å². The van der Waals surface area contributed by atoms with Crippen LogP contribution in [0.1, 0.15) is 0 Å². The number of nitrogens with zero attached hydrogens (tertiary/aromatic N) is 3. The minimum atomic E-state index is 0.603. The normalized spacial score (nSPS) is 10.2. The van der Waals surface area contributed by atoms with Crippen molar-refractivity contribution in [2.75, 3.05) is 24.3 Å². The Balaban J connectivity index is 2.24. The molecule has 1 heterocycles. The molecule has 0 radical (unpaired) electrons. The predicted octanol–water partition coefficient (Wildman–Crippen LogP) is 2.27. The Bertz CT molecular complexity index is 464. The third kappa shape index (κ3) is 2.09. The van der Waals surface area contributed by atoms with Crippen LogP contribution in [-0.2, 0) is 0 Å². The molecule has 1 aromatic heterocycles. The van der Waals surface area contributed by atoms with Crippen LogP contribution < -0.4 is 10.2 Å². The molecule has 0 saturated carbocycles. The molecule has 1 aromatic carbocycles. The van der Waals surface area contributed by atoms with Crippen LogP contribution in [0.3, 0.4) is 0 Å².